The van der Waals surface area contributed by atoms with Gasteiger partial charge in [-0.2, -0.15) is 5.26 Å². The third-order valence-corrected chi connectivity index (χ3v) is 3.59. The van der Waals surface area contributed by atoms with Crippen LogP contribution in [0.2, 0.25) is 0 Å². The molecule has 0 spiro atoms. The molecule has 0 amide bonds. The molecule has 1 nitrogen and oxygen atoms in total. The summed E-state index contributed by atoms with van der Waals surface area (Å²) in [6.07, 6.45) is 0.761. The number of alkyl halides is 1. The molecule has 0 aliphatic rings. The highest BCUT2D eigenvalue weighted by molar-refractivity contribution is 9.09. The zero-order valence-corrected chi connectivity index (χ0v) is 11.6. The molecule has 0 aliphatic heterocycles. The molecule has 0 unspecified atom stereocenters. The minimum absolute atomic E-state index is 0.563. The van der Waals surface area contributed by atoms with E-state index in [0.717, 1.165) is 22.9 Å². The molecule has 0 saturated carbocycles. The zero-order chi connectivity index (χ0) is 12.8. The van der Waals surface area contributed by atoms with E-state index < -0.39 is 5.41 Å². The largest absolute Gasteiger partial charge is 0.197 e. The second kappa shape index (κ2) is 5.84. The highest BCUT2D eigenvalue weighted by Gasteiger charge is 2.33. The van der Waals surface area contributed by atoms with Gasteiger partial charge in [0.25, 0.3) is 0 Å². The van der Waals surface area contributed by atoms with Crippen LogP contribution in [0.15, 0.2) is 60.7 Å². The molecule has 2 aromatic carbocycles. The molecule has 0 fully saturated rings. The lowest BCUT2D eigenvalue weighted by Crippen LogP contribution is -2.26. The Balaban J connectivity index is 2.58. The van der Waals surface area contributed by atoms with Gasteiger partial charge in [0.05, 0.1) is 6.07 Å². The Bertz CT molecular complexity index is 489. The monoisotopic (exact) mass is 299 g/mol. The van der Waals surface area contributed by atoms with Crippen molar-refractivity contribution in [2.75, 3.05) is 5.33 Å². The fraction of sp³-hybridized carbons (Fsp3) is 0.188. The van der Waals surface area contributed by atoms with Gasteiger partial charge in [-0.25, -0.2) is 0 Å². The van der Waals surface area contributed by atoms with Crippen LogP contribution in [-0.2, 0) is 5.41 Å². The first-order valence-corrected chi connectivity index (χ1v) is 7.04. The zero-order valence-electron chi connectivity index (χ0n) is 10.0. The second-order valence-corrected chi connectivity index (χ2v) is 4.98. The Labute approximate surface area is 116 Å². The van der Waals surface area contributed by atoms with Crippen molar-refractivity contribution in [2.24, 2.45) is 0 Å². The van der Waals surface area contributed by atoms with Crippen LogP contribution in [0.25, 0.3) is 0 Å². The molecular formula is C16H14BrN. The van der Waals surface area contributed by atoms with E-state index in [1.807, 2.05) is 60.7 Å². The van der Waals surface area contributed by atoms with Crippen molar-refractivity contribution in [1.82, 2.24) is 0 Å². The first-order chi connectivity index (χ1) is 8.83. The first-order valence-electron chi connectivity index (χ1n) is 5.92. The van der Waals surface area contributed by atoms with Gasteiger partial charge < -0.3 is 0 Å². The minimum atomic E-state index is -0.563. The van der Waals surface area contributed by atoms with Gasteiger partial charge in [0.1, 0.15) is 5.41 Å². The Morgan fingerprint density at radius 2 is 1.33 bits per heavy atom. The number of hydrogen-bond donors (Lipinski definition) is 0. The maximum atomic E-state index is 9.74. The average molecular weight is 300 g/mol. The van der Waals surface area contributed by atoms with E-state index in [-0.39, 0.29) is 0 Å². The maximum absolute atomic E-state index is 9.74. The Morgan fingerprint density at radius 3 is 1.67 bits per heavy atom. The molecule has 18 heavy (non-hydrogen) atoms. The molecular weight excluding hydrogens is 286 g/mol. The first kappa shape index (κ1) is 12.9. The molecule has 0 atom stereocenters. The molecule has 0 saturated heterocycles. The van der Waals surface area contributed by atoms with Crippen LogP contribution >= 0.6 is 15.9 Å². The fourth-order valence-electron chi connectivity index (χ4n) is 2.23. The van der Waals surface area contributed by atoms with Gasteiger partial charge in [-0.3, -0.25) is 0 Å². The van der Waals surface area contributed by atoms with Gasteiger partial charge >= 0.3 is 0 Å². The number of rotatable bonds is 4. The fourth-order valence-corrected chi connectivity index (χ4v) is 2.82. The predicted molar refractivity (Wildman–Crippen MR) is 77.7 cm³/mol. The number of halogens is 1. The molecule has 0 bridgehead atoms. The number of benzene rings is 2. The molecule has 0 radical (unpaired) electrons. The van der Waals surface area contributed by atoms with Crippen molar-refractivity contribution in [1.29, 1.82) is 5.26 Å². The van der Waals surface area contributed by atoms with Gasteiger partial charge in [-0.15, -0.1) is 0 Å². The quantitative estimate of drug-likeness (QED) is 0.773. The Kier molecular flexibility index (Phi) is 4.17. The van der Waals surface area contributed by atoms with Crippen LogP contribution in [0.4, 0.5) is 0 Å². The molecule has 2 aromatic rings. The van der Waals surface area contributed by atoms with E-state index in [1.165, 1.54) is 0 Å². The lowest BCUT2D eigenvalue weighted by Gasteiger charge is -2.27. The lowest BCUT2D eigenvalue weighted by molar-refractivity contribution is 0.640. The summed E-state index contributed by atoms with van der Waals surface area (Å²) < 4.78 is 0. The summed E-state index contributed by atoms with van der Waals surface area (Å²) >= 11 is 3.47. The van der Waals surface area contributed by atoms with Gasteiger partial charge in [-0.05, 0) is 17.5 Å². The summed E-state index contributed by atoms with van der Waals surface area (Å²) in [7, 11) is 0. The second-order valence-electron chi connectivity index (χ2n) is 4.19. The lowest BCUT2D eigenvalue weighted by atomic mass is 9.74. The van der Waals surface area contributed by atoms with E-state index in [2.05, 4.69) is 22.0 Å². The Hall–Kier alpha value is -1.59. The van der Waals surface area contributed by atoms with Gasteiger partial charge in [-0.1, -0.05) is 76.6 Å². The smallest absolute Gasteiger partial charge is 0.108 e. The van der Waals surface area contributed by atoms with Crippen molar-refractivity contribution in [3.63, 3.8) is 0 Å². The number of nitrogens with zero attached hydrogens (tertiary/aromatic N) is 1. The summed E-state index contributed by atoms with van der Waals surface area (Å²) in [5.41, 5.74) is 1.54. The van der Waals surface area contributed by atoms with Crippen molar-refractivity contribution in [3.8, 4) is 6.07 Å². The van der Waals surface area contributed by atoms with E-state index >= 15 is 0 Å². The topological polar surface area (TPSA) is 23.8 Å². The highest BCUT2D eigenvalue weighted by atomic mass is 79.9. The van der Waals surface area contributed by atoms with Gasteiger partial charge in [0, 0.05) is 5.33 Å². The van der Waals surface area contributed by atoms with Crippen LogP contribution in [0.3, 0.4) is 0 Å². The average Bonchev–Trinajstić information content (AvgIpc) is 2.47. The number of nitriles is 1. The van der Waals surface area contributed by atoms with Crippen LogP contribution in [0, 0.1) is 11.3 Å². The van der Waals surface area contributed by atoms with Crippen molar-refractivity contribution in [2.45, 2.75) is 11.8 Å². The van der Waals surface area contributed by atoms with E-state index in [1.54, 1.807) is 0 Å². The van der Waals surface area contributed by atoms with E-state index in [0.29, 0.717) is 0 Å². The molecule has 0 aromatic heterocycles. The maximum Gasteiger partial charge on any atom is 0.108 e. The molecule has 0 N–H and O–H groups in total. The van der Waals surface area contributed by atoms with Crippen LogP contribution < -0.4 is 0 Å². The van der Waals surface area contributed by atoms with E-state index in [9.17, 15) is 5.26 Å². The molecule has 0 aliphatic carbocycles. The minimum Gasteiger partial charge on any atom is -0.197 e. The normalized spacial score (nSPS) is 10.9. The van der Waals surface area contributed by atoms with Crippen molar-refractivity contribution >= 4 is 15.9 Å². The van der Waals surface area contributed by atoms with Gasteiger partial charge in [0.2, 0.25) is 0 Å². The predicted octanol–water partition coefficient (Wildman–Crippen LogP) is 4.28. The SMILES string of the molecule is N#CC(CCBr)(c1ccccc1)c1ccccc1. The van der Waals surface area contributed by atoms with Gasteiger partial charge in [0.15, 0.2) is 0 Å². The van der Waals surface area contributed by atoms with Crippen LogP contribution in [-0.4, -0.2) is 5.33 Å². The molecule has 0 heterocycles. The summed E-state index contributed by atoms with van der Waals surface area (Å²) in [6.45, 7) is 0. The summed E-state index contributed by atoms with van der Waals surface area (Å²) in [6, 6.07) is 22.5. The van der Waals surface area contributed by atoms with E-state index in [4.69, 9.17) is 0 Å². The Morgan fingerprint density at radius 1 is 0.889 bits per heavy atom. The standard InChI is InChI=1S/C16H14BrN/c17-12-11-16(13-18,14-7-3-1-4-8-14)15-9-5-2-6-10-15/h1-10H,11-12H2. The highest BCUT2D eigenvalue weighted by Crippen LogP contribution is 2.35. The molecule has 2 rings (SSSR count). The van der Waals surface area contributed by atoms with Crippen LogP contribution in [0.5, 0.6) is 0 Å². The third-order valence-electron chi connectivity index (χ3n) is 3.19. The summed E-state index contributed by atoms with van der Waals surface area (Å²) in [4.78, 5) is 0. The van der Waals surface area contributed by atoms with Crippen LogP contribution in [0.1, 0.15) is 17.5 Å². The summed E-state index contributed by atoms with van der Waals surface area (Å²) in [5, 5.41) is 10.5. The number of hydrogen-bond acceptors (Lipinski definition) is 1. The molecule has 2 heteroatoms. The molecule has 90 valence electrons. The van der Waals surface area contributed by atoms with Crippen molar-refractivity contribution in [3.05, 3.63) is 71.8 Å². The third kappa shape index (κ3) is 2.32. The summed E-state index contributed by atoms with van der Waals surface area (Å²) in [5.74, 6) is 0. The van der Waals surface area contributed by atoms with Crippen molar-refractivity contribution < 1.29 is 0 Å².